The van der Waals surface area contributed by atoms with Crippen LogP contribution in [0.5, 0.6) is 0 Å². The largest absolute Gasteiger partial charge is 0.467 e. The molecule has 0 saturated heterocycles. The smallest absolute Gasteiger partial charge is 0.333 e. The lowest BCUT2D eigenvalue weighted by Gasteiger charge is -2.08. The van der Waals surface area contributed by atoms with Gasteiger partial charge in [-0.05, 0) is 6.92 Å². The quantitative estimate of drug-likeness (QED) is 0.534. The Balaban J connectivity index is 2.65. The van der Waals surface area contributed by atoms with Crippen LogP contribution < -0.4 is 0 Å². The van der Waals surface area contributed by atoms with Crippen molar-refractivity contribution < 1.29 is 14.6 Å². The van der Waals surface area contributed by atoms with Crippen molar-refractivity contribution in [2.45, 2.75) is 25.5 Å². The minimum absolute atomic E-state index is 0.464. The van der Waals surface area contributed by atoms with Crippen molar-refractivity contribution >= 4 is 11.7 Å². The molecule has 2 atom stereocenters. The van der Waals surface area contributed by atoms with Crippen LogP contribution in [0.15, 0.2) is 4.99 Å². The molecule has 0 amide bonds. The number of nitrogens with zero attached hydrogens (tertiary/aromatic N) is 1. The number of carbonyl (C=O) groups is 1. The number of hydrogen-bond donors (Lipinski definition) is 1. The Hall–Kier alpha value is -0.900. The molecule has 1 heterocycles. The lowest BCUT2D eigenvalue weighted by Crippen LogP contribution is -2.29. The lowest BCUT2D eigenvalue weighted by atomic mass is 10.1. The van der Waals surface area contributed by atoms with Crippen LogP contribution in [0.4, 0.5) is 0 Å². The van der Waals surface area contributed by atoms with Crippen LogP contribution in [-0.2, 0) is 9.53 Å². The van der Waals surface area contributed by atoms with Gasteiger partial charge in [-0.15, -0.1) is 0 Å². The highest BCUT2D eigenvalue weighted by Gasteiger charge is 2.32. The zero-order chi connectivity index (χ0) is 8.43. The van der Waals surface area contributed by atoms with Crippen molar-refractivity contribution in [1.82, 2.24) is 0 Å². The SMILES string of the molecule is COC(=O)C1N=C(C)CC1O. The van der Waals surface area contributed by atoms with Gasteiger partial charge in [-0.25, -0.2) is 4.79 Å². The number of esters is 1. The van der Waals surface area contributed by atoms with Gasteiger partial charge in [0.05, 0.1) is 13.2 Å². The van der Waals surface area contributed by atoms with Crippen LogP contribution in [0.1, 0.15) is 13.3 Å². The minimum atomic E-state index is -0.694. The Kier molecular flexibility index (Phi) is 2.24. The van der Waals surface area contributed by atoms with Gasteiger partial charge in [-0.2, -0.15) is 0 Å². The molecule has 0 radical (unpaired) electrons. The third kappa shape index (κ3) is 1.57. The summed E-state index contributed by atoms with van der Waals surface area (Å²) >= 11 is 0. The van der Waals surface area contributed by atoms with Crippen molar-refractivity contribution in [2.75, 3.05) is 7.11 Å². The summed E-state index contributed by atoms with van der Waals surface area (Å²) < 4.78 is 4.45. The second kappa shape index (κ2) is 3.00. The van der Waals surface area contributed by atoms with Crippen molar-refractivity contribution in [3.8, 4) is 0 Å². The summed E-state index contributed by atoms with van der Waals surface area (Å²) in [5.41, 5.74) is 0.799. The molecule has 4 nitrogen and oxygen atoms in total. The maximum atomic E-state index is 10.9. The van der Waals surface area contributed by atoms with Gasteiger partial charge in [-0.1, -0.05) is 0 Å². The molecular formula is C7H11NO3. The molecule has 0 aromatic rings. The predicted molar refractivity (Wildman–Crippen MR) is 39.5 cm³/mol. The molecule has 0 saturated carbocycles. The van der Waals surface area contributed by atoms with E-state index in [0.29, 0.717) is 6.42 Å². The van der Waals surface area contributed by atoms with Gasteiger partial charge in [0, 0.05) is 12.1 Å². The summed E-state index contributed by atoms with van der Waals surface area (Å²) in [7, 11) is 1.29. The number of hydrogen-bond acceptors (Lipinski definition) is 4. The van der Waals surface area contributed by atoms with E-state index in [1.54, 1.807) is 6.92 Å². The Morgan fingerprint density at radius 1 is 1.82 bits per heavy atom. The first-order chi connectivity index (χ1) is 5.15. The van der Waals surface area contributed by atoms with Gasteiger partial charge in [-0.3, -0.25) is 4.99 Å². The number of aliphatic imine (C=N–C) groups is 1. The summed E-state index contributed by atoms with van der Waals surface area (Å²) in [4.78, 5) is 14.8. The number of rotatable bonds is 1. The van der Waals surface area contributed by atoms with E-state index in [0.717, 1.165) is 5.71 Å². The van der Waals surface area contributed by atoms with E-state index < -0.39 is 18.1 Å². The highest BCUT2D eigenvalue weighted by Crippen LogP contribution is 2.14. The Labute approximate surface area is 64.9 Å². The molecule has 1 rings (SSSR count). The fourth-order valence-corrected chi connectivity index (χ4v) is 1.12. The fraction of sp³-hybridized carbons (Fsp3) is 0.714. The molecule has 1 aliphatic heterocycles. The first-order valence-corrected chi connectivity index (χ1v) is 3.44. The van der Waals surface area contributed by atoms with Crippen LogP contribution in [0.2, 0.25) is 0 Å². The normalized spacial score (nSPS) is 29.9. The number of aliphatic hydroxyl groups is 1. The molecule has 0 aromatic heterocycles. The monoisotopic (exact) mass is 157 g/mol. The molecule has 2 unspecified atom stereocenters. The summed E-state index contributed by atoms with van der Waals surface area (Å²) in [5.74, 6) is -0.464. The molecule has 4 heteroatoms. The molecule has 0 fully saturated rings. The highest BCUT2D eigenvalue weighted by atomic mass is 16.5. The molecule has 0 bridgehead atoms. The standard InChI is InChI=1S/C7H11NO3/c1-4-3-5(9)6(8-4)7(10)11-2/h5-6,9H,3H2,1-2H3. The Morgan fingerprint density at radius 3 is 2.82 bits per heavy atom. The van der Waals surface area contributed by atoms with Crippen molar-refractivity contribution in [2.24, 2.45) is 4.99 Å². The van der Waals surface area contributed by atoms with Gasteiger partial charge in [0.25, 0.3) is 0 Å². The highest BCUT2D eigenvalue weighted by molar-refractivity contribution is 5.90. The first-order valence-electron chi connectivity index (χ1n) is 3.44. The van der Waals surface area contributed by atoms with E-state index in [2.05, 4.69) is 9.73 Å². The second-order valence-corrected chi connectivity index (χ2v) is 2.60. The van der Waals surface area contributed by atoms with Crippen LogP contribution in [-0.4, -0.2) is 36.0 Å². The topological polar surface area (TPSA) is 58.9 Å². The van der Waals surface area contributed by atoms with Crippen LogP contribution in [0, 0.1) is 0 Å². The van der Waals surface area contributed by atoms with Gasteiger partial charge in [0.2, 0.25) is 0 Å². The summed E-state index contributed by atoms with van der Waals surface area (Å²) in [6.45, 7) is 1.78. The van der Waals surface area contributed by atoms with Gasteiger partial charge in [0.1, 0.15) is 0 Å². The average molecular weight is 157 g/mol. The van der Waals surface area contributed by atoms with Crippen LogP contribution in [0.25, 0.3) is 0 Å². The minimum Gasteiger partial charge on any atom is -0.467 e. The van der Waals surface area contributed by atoms with E-state index in [-0.39, 0.29) is 0 Å². The van der Waals surface area contributed by atoms with Crippen molar-refractivity contribution in [1.29, 1.82) is 0 Å². The Bertz CT molecular complexity index is 200. The van der Waals surface area contributed by atoms with E-state index >= 15 is 0 Å². The summed E-state index contributed by atoms with van der Waals surface area (Å²) in [6, 6.07) is -0.694. The molecule has 0 spiro atoms. The number of aliphatic hydroxyl groups excluding tert-OH is 1. The van der Waals surface area contributed by atoms with E-state index in [1.165, 1.54) is 7.11 Å². The molecule has 11 heavy (non-hydrogen) atoms. The molecule has 62 valence electrons. The van der Waals surface area contributed by atoms with Crippen LogP contribution >= 0.6 is 0 Å². The summed E-state index contributed by atoms with van der Waals surface area (Å²) in [6.07, 6.45) is -0.220. The average Bonchev–Trinajstić information content (AvgIpc) is 2.28. The molecule has 1 aliphatic rings. The van der Waals surface area contributed by atoms with E-state index in [9.17, 15) is 9.90 Å². The molecular weight excluding hydrogens is 146 g/mol. The van der Waals surface area contributed by atoms with E-state index in [4.69, 9.17) is 0 Å². The maximum absolute atomic E-state index is 10.9. The van der Waals surface area contributed by atoms with Crippen molar-refractivity contribution in [3.63, 3.8) is 0 Å². The van der Waals surface area contributed by atoms with Gasteiger partial charge in [0.15, 0.2) is 6.04 Å². The number of carbonyl (C=O) groups excluding carboxylic acids is 1. The predicted octanol–water partition coefficient (Wildman–Crippen LogP) is -0.247. The van der Waals surface area contributed by atoms with Gasteiger partial charge < -0.3 is 9.84 Å². The fourth-order valence-electron chi connectivity index (χ4n) is 1.12. The third-order valence-corrected chi connectivity index (χ3v) is 1.67. The maximum Gasteiger partial charge on any atom is 0.333 e. The van der Waals surface area contributed by atoms with Crippen LogP contribution in [0.3, 0.4) is 0 Å². The van der Waals surface area contributed by atoms with Crippen molar-refractivity contribution in [3.05, 3.63) is 0 Å². The second-order valence-electron chi connectivity index (χ2n) is 2.60. The third-order valence-electron chi connectivity index (χ3n) is 1.67. The lowest BCUT2D eigenvalue weighted by molar-refractivity contribution is -0.144. The number of methoxy groups -OCH3 is 1. The first kappa shape index (κ1) is 8.20. The summed E-state index contributed by atoms with van der Waals surface area (Å²) in [5, 5.41) is 9.25. The Morgan fingerprint density at radius 2 is 2.45 bits per heavy atom. The zero-order valence-electron chi connectivity index (χ0n) is 6.57. The number of ether oxygens (including phenoxy) is 1. The molecule has 0 aliphatic carbocycles. The molecule has 0 aromatic carbocycles. The van der Waals surface area contributed by atoms with Gasteiger partial charge >= 0.3 is 5.97 Å². The van der Waals surface area contributed by atoms with E-state index in [1.807, 2.05) is 0 Å². The zero-order valence-corrected chi connectivity index (χ0v) is 6.57. The molecule has 1 N–H and O–H groups in total.